The Kier molecular flexibility index (Phi) is 3.57. The fourth-order valence-electron chi connectivity index (χ4n) is 3.93. The molecule has 102 valence electrons. The summed E-state index contributed by atoms with van der Waals surface area (Å²) in [5.41, 5.74) is 5.88. The minimum atomic E-state index is 0.182. The number of carbonyl (C=O) groups excluding carboxylic acids is 1. The molecule has 4 atom stereocenters. The van der Waals surface area contributed by atoms with E-state index < -0.39 is 0 Å². The Morgan fingerprint density at radius 2 is 2.00 bits per heavy atom. The van der Waals surface area contributed by atoms with Crippen molar-refractivity contribution in [2.45, 2.75) is 63.1 Å². The molecule has 3 N–H and O–H groups in total. The van der Waals surface area contributed by atoms with Crippen molar-refractivity contribution in [2.75, 3.05) is 13.1 Å². The third-order valence-electron chi connectivity index (χ3n) is 5.01. The van der Waals surface area contributed by atoms with Gasteiger partial charge < -0.3 is 16.0 Å². The van der Waals surface area contributed by atoms with Crippen molar-refractivity contribution >= 4 is 5.91 Å². The van der Waals surface area contributed by atoms with Gasteiger partial charge in [-0.3, -0.25) is 4.79 Å². The van der Waals surface area contributed by atoms with Crippen molar-refractivity contribution in [3.8, 4) is 0 Å². The maximum absolute atomic E-state index is 12.2. The molecule has 0 radical (unpaired) electrons. The van der Waals surface area contributed by atoms with Gasteiger partial charge in [-0.2, -0.15) is 0 Å². The Labute approximate surface area is 109 Å². The Morgan fingerprint density at radius 3 is 2.78 bits per heavy atom. The van der Waals surface area contributed by atoms with Crippen molar-refractivity contribution in [3.05, 3.63) is 0 Å². The normalized spacial score (nSPS) is 40.7. The lowest BCUT2D eigenvalue weighted by Gasteiger charge is -2.35. The smallest absolute Gasteiger partial charge is 0.223 e. The van der Waals surface area contributed by atoms with Crippen LogP contribution < -0.4 is 11.1 Å². The molecule has 0 bridgehead atoms. The first-order valence-electron chi connectivity index (χ1n) is 7.52. The standard InChI is InChI=1S/C14H25N3O/c15-11-4-3-10(8-11)14(18)16-12-5-7-17-6-1-2-13(17)9-12/h10-13H,1-9,15H2,(H,16,18). The number of nitrogens with two attached hydrogens (primary N) is 1. The maximum Gasteiger partial charge on any atom is 0.223 e. The number of fused-ring (bicyclic) bond motifs is 1. The summed E-state index contributed by atoms with van der Waals surface area (Å²) < 4.78 is 0. The predicted molar refractivity (Wildman–Crippen MR) is 71.1 cm³/mol. The van der Waals surface area contributed by atoms with E-state index in [1.165, 1.54) is 25.9 Å². The fraction of sp³-hybridized carbons (Fsp3) is 0.929. The molecule has 2 aliphatic heterocycles. The quantitative estimate of drug-likeness (QED) is 0.765. The first-order valence-corrected chi connectivity index (χ1v) is 7.52. The summed E-state index contributed by atoms with van der Waals surface area (Å²) in [6.07, 6.45) is 7.82. The van der Waals surface area contributed by atoms with Crippen LogP contribution >= 0.6 is 0 Å². The van der Waals surface area contributed by atoms with Crippen molar-refractivity contribution in [1.29, 1.82) is 0 Å². The second kappa shape index (κ2) is 5.17. The predicted octanol–water partition coefficient (Wildman–Crippen LogP) is 0.857. The monoisotopic (exact) mass is 251 g/mol. The van der Waals surface area contributed by atoms with E-state index in [1.807, 2.05) is 0 Å². The van der Waals surface area contributed by atoms with Gasteiger partial charge in [0.25, 0.3) is 0 Å². The molecule has 1 amide bonds. The van der Waals surface area contributed by atoms with Gasteiger partial charge in [-0.1, -0.05) is 0 Å². The molecule has 4 nitrogen and oxygen atoms in total. The molecule has 0 aromatic carbocycles. The van der Waals surface area contributed by atoms with Crippen LogP contribution in [0.15, 0.2) is 0 Å². The van der Waals surface area contributed by atoms with E-state index in [2.05, 4.69) is 10.2 Å². The van der Waals surface area contributed by atoms with E-state index in [4.69, 9.17) is 5.73 Å². The minimum absolute atomic E-state index is 0.182. The number of nitrogens with one attached hydrogen (secondary N) is 1. The molecule has 18 heavy (non-hydrogen) atoms. The van der Waals surface area contributed by atoms with Crippen LogP contribution in [-0.2, 0) is 4.79 Å². The van der Waals surface area contributed by atoms with E-state index in [0.29, 0.717) is 6.04 Å². The lowest BCUT2D eigenvalue weighted by molar-refractivity contribution is -0.126. The molecule has 2 heterocycles. The highest BCUT2D eigenvalue weighted by Gasteiger charge is 2.34. The Hall–Kier alpha value is -0.610. The minimum Gasteiger partial charge on any atom is -0.353 e. The molecule has 0 aromatic heterocycles. The van der Waals surface area contributed by atoms with Crippen LogP contribution in [-0.4, -0.2) is 42.0 Å². The Bertz CT molecular complexity index is 320. The second-order valence-electron chi connectivity index (χ2n) is 6.33. The Balaban J connectivity index is 1.49. The largest absolute Gasteiger partial charge is 0.353 e. The zero-order chi connectivity index (χ0) is 12.5. The number of rotatable bonds is 2. The zero-order valence-electron chi connectivity index (χ0n) is 11.1. The van der Waals surface area contributed by atoms with E-state index in [-0.39, 0.29) is 17.9 Å². The van der Waals surface area contributed by atoms with Crippen LogP contribution in [0.3, 0.4) is 0 Å². The number of nitrogens with zero attached hydrogens (tertiary/aromatic N) is 1. The number of hydrogen-bond acceptors (Lipinski definition) is 3. The SMILES string of the molecule is NC1CCC(C(=O)NC2CCN3CCCC3C2)C1. The molecular formula is C14H25N3O. The number of amides is 1. The van der Waals surface area contributed by atoms with Gasteiger partial charge in [0.1, 0.15) is 0 Å². The molecule has 0 aromatic rings. The van der Waals surface area contributed by atoms with Crippen molar-refractivity contribution in [3.63, 3.8) is 0 Å². The molecular weight excluding hydrogens is 226 g/mol. The van der Waals surface area contributed by atoms with Crippen molar-refractivity contribution in [1.82, 2.24) is 10.2 Å². The van der Waals surface area contributed by atoms with E-state index in [9.17, 15) is 4.79 Å². The van der Waals surface area contributed by atoms with Crippen LogP contribution in [0.25, 0.3) is 0 Å². The number of hydrogen-bond donors (Lipinski definition) is 2. The Morgan fingerprint density at radius 1 is 1.11 bits per heavy atom. The summed E-state index contributed by atoms with van der Waals surface area (Å²) in [6.45, 7) is 2.43. The summed E-state index contributed by atoms with van der Waals surface area (Å²) in [7, 11) is 0. The summed E-state index contributed by atoms with van der Waals surface area (Å²) in [5, 5.41) is 3.27. The molecule has 4 heteroatoms. The van der Waals surface area contributed by atoms with Gasteiger partial charge in [-0.15, -0.1) is 0 Å². The van der Waals surface area contributed by atoms with Crippen LogP contribution in [0.4, 0.5) is 0 Å². The average molecular weight is 251 g/mol. The third-order valence-corrected chi connectivity index (χ3v) is 5.01. The van der Waals surface area contributed by atoms with Gasteiger partial charge in [0, 0.05) is 30.6 Å². The van der Waals surface area contributed by atoms with Gasteiger partial charge in [0.05, 0.1) is 0 Å². The molecule has 1 aliphatic carbocycles. The van der Waals surface area contributed by atoms with Gasteiger partial charge >= 0.3 is 0 Å². The third kappa shape index (κ3) is 2.54. The fourth-order valence-corrected chi connectivity index (χ4v) is 3.93. The number of piperidine rings is 1. The lowest BCUT2D eigenvalue weighted by atomic mass is 9.96. The molecule has 0 spiro atoms. The number of carbonyl (C=O) groups is 1. The first-order chi connectivity index (χ1) is 8.72. The molecule has 1 saturated carbocycles. The summed E-state index contributed by atoms with van der Waals surface area (Å²) >= 11 is 0. The molecule has 3 rings (SSSR count). The molecule has 3 aliphatic rings. The van der Waals surface area contributed by atoms with Crippen LogP contribution in [0.5, 0.6) is 0 Å². The van der Waals surface area contributed by atoms with Crippen molar-refractivity contribution < 1.29 is 4.79 Å². The molecule has 3 fully saturated rings. The van der Waals surface area contributed by atoms with Crippen molar-refractivity contribution in [2.24, 2.45) is 11.7 Å². The highest BCUT2D eigenvalue weighted by Crippen LogP contribution is 2.28. The van der Waals surface area contributed by atoms with Gasteiger partial charge in [-0.25, -0.2) is 0 Å². The second-order valence-corrected chi connectivity index (χ2v) is 6.33. The topological polar surface area (TPSA) is 58.4 Å². The molecule has 2 saturated heterocycles. The average Bonchev–Trinajstić information content (AvgIpc) is 2.96. The van der Waals surface area contributed by atoms with Crippen LogP contribution in [0.2, 0.25) is 0 Å². The summed E-state index contributed by atoms with van der Waals surface area (Å²) in [5.74, 6) is 0.445. The molecule has 4 unspecified atom stereocenters. The highest BCUT2D eigenvalue weighted by atomic mass is 16.1. The van der Waals surface area contributed by atoms with Crippen LogP contribution in [0.1, 0.15) is 44.9 Å². The maximum atomic E-state index is 12.2. The van der Waals surface area contributed by atoms with Gasteiger partial charge in [0.15, 0.2) is 0 Å². The summed E-state index contributed by atoms with van der Waals surface area (Å²) in [6, 6.07) is 1.39. The van der Waals surface area contributed by atoms with E-state index in [1.54, 1.807) is 0 Å². The highest BCUT2D eigenvalue weighted by molar-refractivity contribution is 5.79. The zero-order valence-corrected chi connectivity index (χ0v) is 11.1. The van der Waals surface area contributed by atoms with Crippen LogP contribution in [0, 0.1) is 5.92 Å². The van der Waals surface area contributed by atoms with E-state index in [0.717, 1.165) is 38.1 Å². The summed E-state index contributed by atoms with van der Waals surface area (Å²) in [4.78, 5) is 14.8. The van der Waals surface area contributed by atoms with Gasteiger partial charge in [0.2, 0.25) is 5.91 Å². The first kappa shape index (κ1) is 12.4. The van der Waals surface area contributed by atoms with E-state index >= 15 is 0 Å². The van der Waals surface area contributed by atoms with Gasteiger partial charge in [-0.05, 0) is 51.5 Å². The lowest BCUT2D eigenvalue weighted by Crippen LogP contribution is -2.48.